The number of fused-ring (bicyclic) bond motifs is 3. The number of benzene rings is 2. The maximum atomic E-state index is 13.2. The first kappa shape index (κ1) is 18.9. The number of rotatable bonds is 5. The van der Waals surface area contributed by atoms with Gasteiger partial charge < -0.3 is 10.1 Å². The molecule has 0 spiro atoms. The molecule has 146 valence electrons. The average Bonchev–Trinajstić information content (AvgIpc) is 3.06. The largest absolute Gasteiger partial charge is 0.449 e. The molecule has 1 amide bonds. The van der Waals surface area contributed by atoms with E-state index in [2.05, 4.69) is 34.6 Å². The third-order valence-electron chi connectivity index (χ3n) is 5.05. The van der Waals surface area contributed by atoms with Gasteiger partial charge in [-0.3, -0.25) is 0 Å². The third kappa shape index (κ3) is 4.04. The van der Waals surface area contributed by atoms with Gasteiger partial charge in [0.15, 0.2) is 0 Å². The Labute approximate surface area is 169 Å². The lowest BCUT2D eigenvalue weighted by Crippen LogP contribution is -2.26. The Morgan fingerprint density at radius 2 is 1.79 bits per heavy atom. The highest BCUT2D eigenvalue weighted by molar-refractivity contribution is 5.79. The van der Waals surface area contributed by atoms with E-state index in [1.807, 2.05) is 24.3 Å². The maximum Gasteiger partial charge on any atom is 0.407 e. The Morgan fingerprint density at radius 1 is 1.14 bits per heavy atom. The number of amides is 1. The predicted molar refractivity (Wildman–Crippen MR) is 111 cm³/mol. The Kier molecular flexibility index (Phi) is 5.38. The van der Waals surface area contributed by atoms with Crippen LogP contribution in [0.4, 0.5) is 9.18 Å². The van der Waals surface area contributed by atoms with Crippen LogP contribution in [0.25, 0.3) is 17.2 Å². The van der Waals surface area contributed by atoms with E-state index in [1.165, 1.54) is 28.5 Å². The molecule has 0 saturated carbocycles. The van der Waals surface area contributed by atoms with Gasteiger partial charge in [0.25, 0.3) is 0 Å². The second-order valence-corrected chi connectivity index (χ2v) is 6.99. The van der Waals surface area contributed by atoms with E-state index in [9.17, 15) is 9.18 Å². The van der Waals surface area contributed by atoms with E-state index in [1.54, 1.807) is 25.1 Å². The van der Waals surface area contributed by atoms with Crippen molar-refractivity contribution in [3.8, 4) is 11.1 Å². The van der Waals surface area contributed by atoms with Crippen molar-refractivity contribution in [2.45, 2.75) is 12.8 Å². The highest BCUT2D eigenvalue weighted by Gasteiger charge is 2.28. The Bertz CT molecular complexity index is 1030. The van der Waals surface area contributed by atoms with Gasteiger partial charge in [-0.2, -0.15) is 4.39 Å². The molecular formula is C24H21FN2O2. The molecule has 1 aliphatic carbocycles. The van der Waals surface area contributed by atoms with Crippen LogP contribution in [0.2, 0.25) is 0 Å². The quantitative estimate of drug-likeness (QED) is 0.620. The van der Waals surface area contributed by atoms with E-state index >= 15 is 0 Å². The van der Waals surface area contributed by atoms with Gasteiger partial charge in [0.2, 0.25) is 5.95 Å². The molecule has 3 aromatic rings. The first-order valence-corrected chi connectivity index (χ1v) is 9.51. The molecule has 0 unspecified atom stereocenters. The summed E-state index contributed by atoms with van der Waals surface area (Å²) in [5.74, 6) is -0.434. The fourth-order valence-electron chi connectivity index (χ4n) is 3.66. The Hall–Kier alpha value is -3.47. The lowest BCUT2D eigenvalue weighted by atomic mass is 9.98. The number of carbonyl (C=O) groups is 1. The van der Waals surface area contributed by atoms with Crippen LogP contribution in [0.15, 0.2) is 66.9 Å². The molecule has 29 heavy (non-hydrogen) atoms. The Morgan fingerprint density at radius 3 is 2.45 bits per heavy atom. The monoisotopic (exact) mass is 388 g/mol. The van der Waals surface area contributed by atoms with Gasteiger partial charge in [-0.25, -0.2) is 9.78 Å². The number of nitrogens with one attached hydrogen (secondary N) is 1. The molecule has 0 fully saturated rings. The fourth-order valence-corrected chi connectivity index (χ4v) is 3.66. The summed E-state index contributed by atoms with van der Waals surface area (Å²) in [6.45, 7) is 2.26. The van der Waals surface area contributed by atoms with Crippen molar-refractivity contribution in [2.24, 2.45) is 0 Å². The first-order valence-electron chi connectivity index (χ1n) is 9.51. The predicted octanol–water partition coefficient (Wildman–Crippen LogP) is 5.08. The van der Waals surface area contributed by atoms with Gasteiger partial charge in [-0.05, 0) is 40.8 Å². The van der Waals surface area contributed by atoms with E-state index in [0.717, 1.165) is 5.56 Å². The SMILES string of the molecule is Cc1cc(C=CCNC(=O)OCC2c3ccccc3-c3ccccc32)cnc1F. The minimum Gasteiger partial charge on any atom is -0.449 e. The summed E-state index contributed by atoms with van der Waals surface area (Å²) in [5.41, 5.74) is 6.02. The van der Waals surface area contributed by atoms with Crippen LogP contribution in [0.5, 0.6) is 0 Å². The summed E-state index contributed by atoms with van der Waals surface area (Å²) in [6.07, 6.45) is 4.54. The zero-order chi connectivity index (χ0) is 20.2. The van der Waals surface area contributed by atoms with E-state index in [0.29, 0.717) is 12.1 Å². The highest BCUT2D eigenvalue weighted by Crippen LogP contribution is 2.44. The minimum absolute atomic E-state index is 0.0388. The second-order valence-electron chi connectivity index (χ2n) is 6.99. The number of aryl methyl sites for hydroxylation is 1. The number of nitrogens with zero attached hydrogens (tertiary/aromatic N) is 1. The highest BCUT2D eigenvalue weighted by atomic mass is 19.1. The lowest BCUT2D eigenvalue weighted by molar-refractivity contribution is 0.144. The van der Waals surface area contributed by atoms with Crippen molar-refractivity contribution in [3.05, 3.63) is 95.1 Å². The topological polar surface area (TPSA) is 51.2 Å². The summed E-state index contributed by atoms with van der Waals surface area (Å²) < 4.78 is 18.7. The molecule has 0 atom stereocenters. The number of ether oxygens (including phenoxy) is 1. The zero-order valence-corrected chi connectivity index (χ0v) is 16.1. The molecular weight excluding hydrogens is 367 g/mol. The number of alkyl carbamates (subject to hydrolysis) is 1. The number of halogens is 1. The van der Waals surface area contributed by atoms with Crippen molar-refractivity contribution in [2.75, 3.05) is 13.2 Å². The fraction of sp³-hybridized carbons (Fsp3) is 0.167. The molecule has 0 radical (unpaired) electrons. The molecule has 1 N–H and O–H groups in total. The normalized spacial score (nSPS) is 12.6. The number of hydrogen-bond acceptors (Lipinski definition) is 3. The van der Waals surface area contributed by atoms with Crippen molar-refractivity contribution >= 4 is 12.2 Å². The summed E-state index contributed by atoms with van der Waals surface area (Å²) >= 11 is 0. The third-order valence-corrected chi connectivity index (χ3v) is 5.05. The standard InChI is InChI=1S/C24H21FN2O2/c1-16-13-17(14-27-23(16)25)7-6-12-26-24(28)29-15-22-20-10-4-2-8-18(20)19-9-3-5-11-21(19)22/h2-11,13-14,22H,12,15H2,1H3,(H,26,28). The van der Waals surface area contributed by atoms with Crippen LogP contribution in [0.1, 0.15) is 28.2 Å². The van der Waals surface area contributed by atoms with Gasteiger partial charge in [0.05, 0.1) is 0 Å². The van der Waals surface area contributed by atoms with Crippen LogP contribution in [0.3, 0.4) is 0 Å². The van der Waals surface area contributed by atoms with Crippen molar-refractivity contribution < 1.29 is 13.9 Å². The molecule has 0 saturated heterocycles. The molecule has 1 aliphatic rings. The smallest absolute Gasteiger partial charge is 0.407 e. The first-order chi connectivity index (χ1) is 14.1. The molecule has 1 aromatic heterocycles. The summed E-state index contributed by atoms with van der Waals surface area (Å²) in [4.78, 5) is 15.8. The number of hydrogen-bond donors (Lipinski definition) is 1. The minimum atomic E-state index is -0.473. The van der Waals surface area contributed by atoms with E-state index in [4.69, 9.17) is 4.74 Å². The van der Waals surface area contributed by atoms with Gasteiger partial charge in [-0.1, -0.05) is 60.7 Å². The van der Waals surface area contributed by atoms with Crippen LogP contribution >= 0.6 is 0 Å². The second kappa shape index (κ2) is 8.27. The van der Waals surface area contributed by atoms with Gasteiger partial charge in [-0.15, -0.1) is 0 Å². The number of carbonyl (C=O) groups excluding carboxylic acids is 1. The van der Waals surface area contributed by atoms with Crippen molar-refractivity contribution in [3.63, 3.8) is 0 Å². The van der Waals surface area contributed by atoms with E-state index in [-0.39, 0.29) is 12.5 Å². The lowest BCUT2D eigenvalue weighted by Gasteiger charge is -2.14. The molecule has 0 aliphatic heterocycles. The van der Waals surface area contributed by atoms with Gasteiger partial charge >= 0.3 is 6.09 Å². The molecule has 1 heterocycles. The molecule has 0 bridgehead atoms. The summed E-state index contributed by atoms with van der Waals surface area (Å²) in [5, 5.41) is 2.71. The van der Waals surface area contributed by atoms with Crippen LogP contribution in [-0.2, 0) is 4.74 Å². The van der Waals surface area contributed by atoms with Crippen LogP contribution < -0.4 is 5.32 Å². The van der Waals surface area contributed by atoms with Gasteiger partial charge in [0, 0.05) is 24.2 Å². The molecule has 5 heteroatoms. The Balaban J connectivity index is 1.33. The summed E-state index contributed by atoms with van der Waals surface area (Å²) in [6, 6.07) is 18.1. The van der Waals surface area contributed by atoms with Crippen LogP contribution in [0, 0.1) is 12.9 Å². The van der Waals surface area contributed by atoms with E-state index < -0.39 is 12.0 Å². The number of pyridine rings is 1. The van der Waals surface area contributed by atoms with Crippen molar-refractivity contribution in [1.29, 1.82) is 0 Å². The van der Waals surface area contributed by atoms with Crippen molar-refractivity contribution in [1.82, 2.24) is 10.3 Å². The summed E-state index contributed by atoms with van der Waals surface area (Å²) in [7, 11) is 0. The number of aromatic nitrogens is 1. The molecule has 4 nitrogen and oxygen atoms in total. The molecule has 4 rings (SSSR count). The average molecular weight is 388 g/mol. The zero-order valence-electron chi connectivity index (χ0n) is 16.1. The van der Waals surface area contributed by atoms with Gasteiger partial charge in [0.1, 0.15) is 6.61 Å². The molecule has 2 aromatic carbocycles. The van der Waals surface area contributed by atoms with Crippen LogP contribution in [-0.4, -0.2) is 24.2 Å². The maximum absolute atomic E-state index is 13.2.